The Kier molecular flexibility index (Phi) is 5.81. The van der Waals surface area contributed by atoms with Gasteiger partial charge in [-0.3, -0.25) is 4.79 Å². The van der Waals surface area contributed by atoms with Crippen LogP contribution in [0.2, 0.25) is 5.02 Å². The molecule has 0 bridgehead atoms. The molecule has 1 fully saturated rings. The van der Waals surface area contributed by atoms with Crippen molar-refractivity contribution in [1.29, 1.82) is 0 Å². The SMILES string of the molecule is Cc1onc(-c2c(F)cccc2Cl)c1C(=O)N1CCN(c2ncccc2C(F)(F)F)CC1. The number of carbonyl (C=O) groups excluding carboxylic acids is 1. The minimum Gasteiger partial charge on any atom is -0.360 e. The van der Waals surface area contributed by atoms with Crippen LogP contribution < -0.4 is 4.90 Å². The van der Waals surface area contributed by atoms with E-state index in [1.54, 1.807) is 0 Å². The lowest BCUT2D eigenvalue weighted by Crippen LogP contribution is -2.49. The van der Waals surface area contributed by atoms with Crippen molar-refractivity contribution in [2.75, 3.05) is 31.1 Å². The molecule has 1 aliphatic heterocycles. The van der Waals surface area contributed by atoms with Crippen LogP contribution in [0.3, 0.4) is 0 Å². The fourth-order valence-electron chi connectivity index (χ4n) is 3.67. The Balaban J connectivity index is 1.57. The van der Waals surface area contributed by atoms with Crippen LogP contribution in [-0.4, -0.2) is 47.1 Å². The predicted molar refractivity (Wildman–Crippen MR) is 109 cm³/mol. The maximum Gasteiger partial charge on any atom is 0.419 e. The summed E-state index contributed by atoms with van der Waals surface area (Å²) in [6.07, 6.45) is -3.24. The quantitative estimate of drug-likeness (QED) is 0.516. The van der Waals surface area contributed by atoms with Gasteiger partial charge in [0, 0.05) is 32.4 Å². The van der Waals surface area contributed by atoms with E-state index in [4.69, 9.17) is 16.1 Å². The zero-order valence-electron chi connectivity index (χ0n) is 16.8. The van der Waals surface area contributed by atoms with Gasteiger partial charge in [-0.1, -0.05) is 22.8 Å². The monoisotopic (exact) mass is 468 g/mol. The van der Waals surface area contributed by atoms with Crippen LogP contribution in [-0.2, 0) is 6.18 Å². The highest BCUT2D eigenvalue weighted by Gasteiger charge is 2.37. The number of hydrogen-bond donors (Lipinski definition) is 0. The average molecular weight is 469 g/mol. The van der Waals surface area contributed by atoms with Gasteiger partial charge in [-0.2, -0.15) is 13.2 Å². The second kappa shape index (κ2) is 8.42. The van der Waals surface area contributed by atoms with Gasteiger partial charge in [0.1, 0.15) is 28.7 Å². The zero-order chi connectivity index (χ0) is 23.0. The molecule has 168 valence electrons. The van der Waals surface area contributed by atoms with E-state index < -0.39 is 23.5 Å². The van der Waals surface area contributed by atoms with Crippen molar-refractivity contribution in [3.05, 3.63) is 64.3 Å². The highest BCUT2D eigenvalue weighted by molar-refractivity contribution is 6.33. The Morgan fingerprint density at radius 2 is 1.84 bits per heavy atom. The van der Waals surface area contributed by atoms with Gasteiger partial charge in [-0.25, -0.2) is 9.37 Å². The molecule has 1 aromatic carbocycles. The number of aryl methyl sites for hydroxylation is 1. The highest BCUT2D eigenvalue weighted by Crippen LogP contribution is 2.36. The van der Waals surface area contributed by atoms with Crippen LogP contribution in [0.4, 0.5) is 23.4 Å². The molecule has 0 aliphatic carbocycles. The van der Waals surface area contributed by atoms with Crippen LogP contribution in [0.25, 0.3) is 11.3 Å². The number of amides is 1. The van der Waals surface area contributed by atoms with Crippen LogP contribution in [0, 0.1) is 12.7 Å². The standard InChI is InChI=1S/C21H17ClF4N4O2/c1-12-16(18(28-32-12)17-14(22)5-2-6-15(17)23)20(31)30-10-8-29(9-11-30)19-13(21(24,25)26)4-3-7-27-19/h2-7H,8-11H2,1H3. The number of carbonyl (C=O) groups is 1. The number of rotatable bonds is 3. The summed E-state index contributed by atoms with van der Waals surface area (Å²) in [7, 11) is 0. The van der Waals surface area contributed by atoms with E-state index in [0.29, 0.717) is 0 Å². The van der Waals surface area contributed by atoms with Gasteiger partial charge in [0.25, 0.3) is 5.91 Å². The second-order valence-corrected chi connectivity index (χ2v) is 7.62. The van der Waals surface area contributed by atoms with Crippen LogP contribution >= 0.6 is 11.6 Å². The average Bonchev–Trinajstić information content (AvgIpc) is 3.13. The van der Waals surface area contributed by atoms with E-state index in [9.17, 15) is 22.4 Å². The van der Waals surface area contributed by atoms with Crippen LogP contribution in [0.1, 0.15) is 21.7 Å². The van der Waals surface area contributed by atoms with Crippen molar-refractivity contribution in [3.8, 4) is 11.3 Å². The summed E-state index contributed by atoms with van der Waals surface area (Å²) >= 11 is 6.12. The predicted octanol–water partition coefficient (Wildman–Crippen LogP) is 4.82. The topological polar surface area (TPSA) is 62.5 Å². The molecule has 2 aromatic heterocycles. The Labute approximate surface area is 185 Å². The lowest BCUT2D eigenvalue weighted by atomic mass is 10.0. The molecule has 0 radical (unpaired) electrons. The molecular weight excluding hydrogens is 452 g/mol. The summed E-state index contributed by atoms with van der Waals surface area (Å²) in [5.41, 5.74) is -0.816. The summed E-state index contributed by atoms with van der Waals surface area (Å²) in [5.74, 6) is -1.10. The first-order chi connectivity index (χ1) is 15.2. The largest absolute Gasteiger partial charge is 0.419 e. The van der Waals surface area contributed by atoms with E-state index in [0.717, 1.165) is 6.07 Å². The minimum absolute atomic E-state index is 0.0119. The van der Waals surface area contributed by atoms with Gasteiger partial charge in [0.15, 0.2) is 0 Å². The molecule has 4 rings (SSSR count). The van der Waals surface area contributed by atoms with Crippen molar-refractivity contribution >= 4 is 23.3 Å². The van der Waals surface area contributed by atoms with Gasteiger partial charge in [-0.05, 0) is 31.2 Å². The second-order valence-electron chi connectivity index (χ2n) is 7.21. The molecule has 0 unspecified atom stereocenters. The van der Waals surface area contributed by atoms with Crippen LogP contribution in [0.5, 0.6) is 0 Å². The molecule has 1 aliphatic rings. The first kappa shape index (κ1) is 22.1. The summed E-state index contributed by atoms with van der Waals surface area (Å²) in [6.45, 7) is 2.10. The summed E-state index contributed by atoms with van der Waals surface area (Å²) in [5, 5.41) is 3.91. The number of benzene rings is 1. The van der Waals surface area contributed by atoms with Gasteiger partial charge in [-0.15, -0.1) is 0 Å². The lowest BCUT2D eigenvalue weighted by molar-refractivity contribution is -0.137. The van der Waals surface area contributed by atoms with E-state index in [1.807, 2.05) is 0 Å². The molecule has 0 atom stereocenters. The molecule has 1 saturated heterocycles. The van der Waals surface area contributed by atoms with Gasteiger partial charge in [0.05, 0.1) is 16.1 Å². The van der Waals surface area contributed by atoms with Crippen molar-refractivity contribution < 1.29 is 26.9 Å². The fraction of sp³-hybridized carbons (Fsp3) is 0.286. The Hall–Kier alpha value is -3.14. The summed E-state index contributed by atoms with van der Waals surface area (Å²) in [4.78, 5) is 20.1. The summed E-state index contributed by atoms with van der Waals surface area (Å²) in [6, 6.07) is 6.31. The molecule has 1 amide bonds. The minimum atomic E-state index is -4.54. The number of anilines is 1. The molecule has 3 aromatic rings. The zero-order valence-corrected chi connectivity index (χ0v) is 17.5. The van der Waals surface area contributed by atoms with Crippen molar-refractivity contribution in [1.82, 2.24) is 15.0 Å². The normalized spacial score (nSPS) is 14.7. The van der Waals surface area contributed by atoms with E-state index in [1.165, 1.54) is 47.2 Å². The van der Waals surface area contributed by atoms with E-state index >= 15 is 0 Å². The number of nitrogens with zero attached hydrogens (tertiary/aromatic N) is 4. The lowest BCUT2D eigenvalue weighted by Gasteiger charge is -2.36. The number of pyridine rings is 1. The molecule has 0 spiro atoms. The molecule has 11 heteroatoms. The first-order valence-electron chi connectivity index (χ1n) is 9.65. The highest BCUT2D eigenvalue weighted by atomic mass is 35.5. The Morgan fingerprint density at radius 1 is 1.12 bits per heavy atom. The van der Waals surface area contributed by atoms with Crippen molar-refractivity contribution in [2.24, 2.45) is 0 Å². The maximum atomic E-state index is 14.4. The molecule has 32 heavy (non-hydrogen) atoms. The number of hydrogen-bond acceptors (Lipinski definition) is 5. The maximum absolute atomic E-state index is 14.4. The fourth-order valence-corrected chi connectivity index (χ4v) is 3.92. The molecule has 3 heterocycles. The Morgan fingerprint density at radius 3 is 2.50 bits per heavy atom. The molecule has 0 N–H and O–H groups in total. The van der Waals surface area contributed by atoms with Crippen molar-refractivity contribution in [3.63, 3.8) is 0 Å². The molecule has 0 saturated carbocycles. The third kappa shape index (κ3) is 4.02. The number of alkyl halides is 3. The Bertz CT molecular complexity index is 1140. The number of piperazine rings is 1. The van der Waals surface area contributed by atoms with Gasteiger partial charge in [0.2, 0.25) is 0 Å². The number of halogens is 5. The van der Waals surface area contributed by atoms with E-state index in [2.05, 4.69) is 10.1 Å². The van der Waals surface area contributed by atoms with Gasteiger partial charge < -0.3 is 14.3 Å². The smallest absolute Gasteiger partial charge is 0.360 e. The summed E-state index contributed by atoms with van der Waals surface area (Å²) < 4.78 is 59.5. The van der Waals surface area contributed by atoms with Gasteiger partial charge >= 0.3 is 6.18 Å². The van der Waals surface area contributed by atoms with E-state index in [-0.39, 0.29) is 59.6 Å². The molecular formula is C21H17ClF4N4O2. The first-order valence-corrected chi connectivity index (χ1v) is 10.0. The van der Waals surface area contributed by atoms with Crippen LogP contribution in [0.15, 0.2) is 41.1 Å². The molecule has 6 nitrogen and oxygen atoms in total. The third-order valence-electron chi connectivity index (χ3n) is 5.23. The van der Waals surface area contributed by atoms with Crippen molar-refractivity contribution in [2.45, 2.75) is 13.1 Å². The third-order valence-corrected chi connectivity index (χ3v) is 5.55. The number of aromatic nitrogens is 2.